The lowest BCUT2D eigenvalue weighted by Crippen LogP contribution is -2.48. The molecular formula is C14H28N2. The third kappa shape index (κ3) is 3.46. The van der Waals surface area contributed by atoms with Crippen molar-refractivity contribution < 1.29 is 0 Å². The lowest BCUT2D eigenvalue weighted by molar-refractivity contribution is 0.179. The lowest BCUT2D eigenvalue weighted by Gasteiger charge is -2.38. The van der Waals surface area contributed by atoms with Gasteiger partial charge in [-0.1, -0.05) is 19.3 Å². The van der Waals surface area contributed by atoms with E-state index in [4.69, 9.17) is 0 Å². The highest BCUT2D eigenvalue weighted by molar-refractivity contribution is 4.87. The highest BCUT2D eigenvalue weighted by Gasteiger charge is 2.27. The first-order valence-corrected chi connectivity index (χ1v) is 7.12. The molecule has 1 atom stereocenters. The standard InChI is InChI=1S/C14H28N2/c1-14(8-4-3-5-9-14)15-11-13-7-6-10-16(2)12-13/h13,15H,3-12H2,1-2H3. The minimum atomic E-state index is 0.453. The minimum Gasteiger partial charge on any atom is -0.311 e. The van der Waals surface area contributed by atoms with E-state index in [0.717, 1.165) is 5.92 Å². The van der Waals surface area contributed by atoms with E-state index in [-0.39, 0.29) is 0 Å². The summed E-state index contributed by atoms with van der Waals surface area (Å²) in [7, 11) is 2.26. The van der Waals surface area contributed by atoms with Crippen LogP contribution in [0.3, 0.4) is 0 Å². The molecule has 16 heavy (non-hydrogen) atoms. The van der Waals surface area contributed by atoms with Crippen LogP contribution in [0, 0.1) is 5.92 Å². The Morgan fingerprint density at radius 1 is 1.19 bits per heavy atom. The van der Waals surface area contributed by atoms with E-state index in [1.165, 1.54) is 64.6 Å². The molecule has 2 aliphatic rings. The molecule has 94 valence electrons. The van der Waals surface area contributed by atoms with Crippen LogP contribution in [-0.4, -0.2) is 37.1 Å². The first-order chi connectivity index (χ1) is 7.68. The van der Waals surface area contributed by atoms with Crippen molar-refractivity contribution in [2.75, 3.05) is 26.7 Å². The van der Waals surface area contributed by atoms with Crippen molar-refractivity contribution in [3.8, 4) is 0 Å². The van der Waals surface area contributed by atoms with Gasteiger partial charge < -0.3 is 10.2 Å². The highest BCUT2D eigenvalue weighted by Crippen LogP contribution is 2.28. The molecule has 0 bridgehead atoms. The van der Waals surface area contributed by atoms with Crippen molar-refractivity contribution in [3.05, 3.63) is 0 Å². The highest BCUT2D eigenvalue weighted by atomic mass is 15.1. The third-order valence-electron chi connectivity index (χ3n) is 4.50. The zero-order valence-corrected chi connectivity index (χ0v) is 11.1. The van der Waals surface area contributed by atoms with Gasteiger partial charge in [0.25, 0.3) is 0 Å². The first-order valence-electron chi connectivity index (χ1n) is 7.12. The average molecular weight is 224 g/mol. The molecule has 1 saturated carbocycles. The second-order valence-corrected chi connectivity index (χ2v) is 6.27. The summed E-state index contributed by atoms with van der Waals surface area (Å²) < 4.78 is 0. The zero-order valence-electron chi connectivity index (χ0n) is 11.1. The number of hydrogen-bond donors (Lipinski definition) is 1. The van der Waals surface area contributed by atoms with E-state index in [1.54, 1.807) is 0 Å². The number of nitrogens with one attached hydrogen (secondary N) is 1. The molecular weight excluding hydrogens is 196 g/mol. The topological polar surface area (TPSA) is 15.3 Å². The summed E-state index contributed by atoms with van der Waals surface area (Å²) in [6, 6.07) is 0. The van der Waals surface area contributed by atoms with E-state index >= 15 is 0 Å². The van der Waals surface area contributed by atoms with Gasteiger partial charge in [0.1, 0.15) is 0 Å². The fourth-order valence-corrected chi connectivity index (χ4v) is 3.34. The van der Waals surface area contributed by atoms with Gasteiger partial charge in [-0.3, -0.25) is 0 Å². The number of hydrogen-bond acceptors (Lipinski definition) is 2. The third-order valence-corrected chi connectivity index (χ3v) is 4.50. The molecule has 1 aliphatic carbocycles. The molecule has 1 N–H and O–H groups in total. The van der Waals surface area contributed by atoms with E-state index in [1.807, 2.05) is 0 Å². The summed E-state index contributed by atoms with van der Waals surface area (Å²) in [5, 5.41) is 3.86. The quantitative estimate of drug-likeness (QED) is 0.793. The van der Waals surface area contributed by atoms with Crippen molar-refractivity contribution in [1.82, 2.24) is 10.2 Å². The maximum absolute atomic E-state index is 3.86. The molecule has 2 rings (SSSR count). The SMILES string of the molecule is CN1CCCC(CNC2(C)CCCCC2)C1. The van der Waals surface area contributed by atoms with E-state index in [9.17, 15) is 0 Å². The Kier molecular flexibility index (Phi) is 4.26. The minimum absolute atomic E-state index is 0.453. The van der Waals surface area contributed by atoms with Gasteiger partial charge in [-0.25, -0.2) is 0 Å². The summed E-state index contributed by atoms with van der Waals surface area (Å²) in [4.78, 5) is 2.49. The summed E-state index contributed by atoms with van der Waals surface area (Å²) in [6.45, 7) is 6.26. The average Bonchev–Trinajstić information content (AvgIpc) is 2.28. The zero-order chi connectivity index (χ0) is 11.4. The molecule has 0 aromatic carbocycles. The van der Waals surface area contributed by atoms with Gasteiger partial charge >= 0.3 is 0 Å². The molecule has 1 saturated heterocycles. The van der Waals surface area contributed by atoms with Crippen LogP contribution >= 0.6 is 0 Å². The predicted octanol–water partition coefficient (Wildman–Crippen LogP) is 2.64. The lowest BCUT2D eigenvalue weighted by atomic mass is 9.83. The molecule has 0 spiro atoms. The van der Waals surface area contributed by atoms with Crippen LogP contribution in [-0.2, 0) is 0 Å². The van der Waals surface area contributed by atoms with Crippen LogP contribution in [0.15, 0.2) is 0 Å². The van der Waals surface area contributed by atoms with Crippen molar-refractivity contribution >= 4 is 0 Å². The Balaban J connectivity index is 1.73. The normalized spacial score (nSPS) is 31.5. The molecule has 2 fully saturated rings. The maximum atomic E-state index is 3.86. The Hall–Kier alpha value is -0.0800. The van der Waals surface area contributed by atoms with Crippen LogP contribution in [0.1, 0.15) is 51.9 Å². The summed E-state index contributed by atoms with van der Waals surface area (Å²) in [5.74, 6) is 0.887. The van der Waals surface area contributed by atoms with Crippen molar-refractivity contribution in [3.63, 3.8) is 0 Å². The van der Waals surface area contributed by atoms with Gasteiger partial charge in [-0.05, 0) is 58.7 Å². The number of piperidine rings is 1. The fourth-order valence-electron chi connectivity index (χ4n) is 3.34. The number of likely N-dealkylation sites (tertiary alicyclic amines) is 1. The summed E-state index contributed by atoms with van der Waals surface area (Å²) in [5.41, 5.74) is 0.453. The van der Waals surface area contributed by atoms with Crippen LogP contribution in [0.5, 0.6) is 0 Å². The Labute approximate surface area is 101 Å². The van der Waals surface area contributed by atoms with E-state index in [0.29, 0.717) is 5.54 Å². The van der Waals surface area contributed by atoms with E-state index in [2.05, 4.69) is 24.2 Å². The number of nitrogens with zero attached hydrogens (tertiary/aromatic N) is 1. The first kappa shape index (κ1) is 12.4. The van der Waals surface area contributed by atoms with Crippen LogP contribution in [0.2, 0.25) is 0 Å². The monoisotopic (exact) mass is 224 g/mol. The predicted molar refractivity (Wildman–Crippen MR) is 69.7 cm³/mol. The van der Waals surface area contributed by atoms with Gasteiger partial charge in [0.15, 0.2) is 0 Å². The molecule has 1 heterocycles. The molecule has 1 aliphatic heterocycles. The molecule has 2 heteroatoms. The summed E-state index contributed by atoms with van der Waals surface area (Å²) in [6.07, 6.45) is 9.88. The molecule has 1 unspecified atom stereocenters. The van der Waals surface area contributed by atoms with Gasteiger partial charge in [0, 0.05) is 12.1 Å². The Morgan fingerprint density at radius 2 is 1.94 bits per heavy atom. The van der Waals surface area contributed by atoms with Gasteiger partial charge in [0.2, 0.25) is 0 Å². The maximum Gasteiger partial charge on any atom is 0.0153 e. The number of rotatable bonds is 3. The van der Waals surface area contributed by atoms with Gasteiger partial charge in [-0.2, -0.15) is 0 Å². The summed E-state index contributed by atoms with van der Waals surface area (Å²) >= 11 is 0. The molecule has 0 aromatic rings. The van der Waals surface area contributed by atoms with Crippen LogP contribution < -0.4 is 5.32 Å². The van der Waals surface area contributed by atoms with Crippen LogP contribution in [0.25, 0.3) is 0 Å². The van der Waals surface area contributed by atoms with Gasteiger partial charge in [-0.15, -0.1) is 0 Å². The van der Waals surface area contributed by atoms with Crippen molar-refractivity contribution in [1.29, 1.82) is 0 Å². The van der Waals surface area contributed by atoms with E-state index < -0.39 is 0 Å². The molecule has 0 amide bonds. The molecule has 0 radical (unpaired) electrons. The smallest absolute Gasteiger partial charge is 0.0153 e. The largest absolute Gasteiger partial charge is 0.311 e. The van der Waals surface area contributed by atoms with Crippen LogP contribution in [0.4, 0.5) is 0 Å². The second-order valence-electron chi connectivity index (χ2n) is 6.27. The molecule has 2 nitrogen and oxygen atoms in total. The van der Waals surface area contributed by atoms with Crippen molar-refractivity contribution in [2.24, 2.45) is 5.92 Å². The Bertz CT molecular complexity index is 209. The Morgan fingerprint density at radius 3 is 2.62 bits per heavy atom. The second kappa shape index (κ2) is 5.50. The fraction of sp³-hybridized carbons (Fsp3) is 1.00. The van der Waals surface area contributed by atoms with Crippen molar-refractivity contribution in [2.45, 2.75) is 57.4 Å². The van der Waals surface area contributed by atoms with Gasteiger partial charge in [0.05, 0.1) is 0 Å². The molecule has 0 aromatic heterocycles.